The lowest BCUT2D eigenvalue weighted by Crippen LogP contribution is -2.36. The Morgan fingerprint density at radius 3 is 3.00 bits per heavy atom. The first-order valence-electron chi connectivity index (χ1n) is 6.32. The molecular formula is C13H19N3O2. The number of pyridine rings is 1. The second-order valence-electron chi connectivity index (χ2n) is 4.40. The van der Waals surface area contributed by atoms with Crippen LogP contribution in [-0.2, 0) is 16.1 Å². The summed E-state index contributed by atoms with van der Waals surface area (Å²) >= 11 is 0. The van der Waals surface area contributed by atoms with Gasteiger partial charge in [0, 0.05) is 32.1 Å². The van der Waals surface area contributed by atoms with E-state index in [1.165, 1.54) is 0 Å². The Balaban J connectivity index is 1.57. The lowest BCUT2D eigenvalue weighted by atomic mass is 10.2. The molecule has 1 aliphatic heterocycles. The molecule has 0 radical (unpaired) electrons. The highest BCUT2D eigenvalue weighted by Gasteiger charge is 2.14. The van der Waals surface area contributed by atoms with E-state index in [1.807, 2.05) is 12.1 Å². The van der Waals surface area contributed by atoms with Crippen LogP contribution in [0.4, 0.5) is 0 Å². The molecule has 2 heterocycles. The third-order valence-electron chi connectivity index (χ3n) is 2.92. The van der Waals surface area contributed by atoms with E-state index < -0.39 is 0 Å². The summed E-state index contributed by atoms with van der Waals surface area (Å²) in [5, 5.41) is 5.97. The molecule has 1 atom stereocenters. The first-order chi connectivity index (χ1) is 8.84. The number of amides is 1. The lowest BCUT2D eigenvalue weighted by molar-refractivity contribution is -0.120. The average Bonchev–Trinajstić information content (AvgIpc) is 2.91. The van der Waals surface area contributed by atoms with Gasteiger partial charge in [0.05, 0.1) is 12.6 Å². The average molecular weight is 249 g/mol. The Morgan fingerprint density at radius 1 is 1.44 bits per heavy atom. The van der Waals surface area contributed by atoms with Crippen LogP contribution in [0.25, 0.3) is 0 Å². The van der Waals surface area contributed by atoms with Gasteiger partial charge in [-0.1, -0.05) is 0 Å². The number of nitrogens with one attached hydrogen (secondary N) is 2. The fraction of sp³-hybridized carbons (Fsp3) is 0.538. The van der Waals surface area contributed by atoms with Crippen molar-refractivity contribution in [2.45, 2.75) is 25.5 Å². The molecule has 0 aliphatic carbocycles. The normalized spacial score (nSPS) is 18.8. The second kappa shape index (κ2) is 7.08. The molecule has 2 N–H and O–H groups in total. The van der Waals surface area contributed by atoms with Gasteiger partial charge in [0.1, 0.15) is 0 Å². The molecular weight excluding hydrogens is 230 g/mol. The largest absolute Gasteiger partial charge is 0.377 e. The first kappa shape index (κ1) is 13.0. The van der Waals surface area contributed by atoms with Gasteiger partial charge in [-0.15, -0.1) is 0 Å². The maximum absolute atomic E-state index is 11.6. The summed E-state index contributed by atoms with van der Waals surface area (Å²) in [4.78, 5) is 15.5. The van der Waals surface area contributed by atoms with E-state index in [1.54, 1.807) is 12.4 Å². The topological polar surface area (TPSA) is 63.2 Å². The van der Waals surface area contributed by atoms with E-state index in [0.29, 0.717) is 13.1 Å². The molecule has 5 heteroatoms. The molecule has 1 aliphatic rings. The number of carbonyl (C=O) groups is 1. The molecule has 0 bridgehead atoms. The highest BCUT2D eigenvalue weighted by molar-refractivity contribution is 5.77. The molecule has 0 saturated carbocycles. The number of rotatable bonds is 6. The van der Waals surface area contributed by atoms with E-state index in [-0.39, 0.29) is 12.0 Å². The Kier molecular flexibility index (Phi) is 5.11. The van der Waals surface area contributed by atoms with Crippen molar-refractivity contribution >= 4 is 5.91 Å². The predicted molar refractivity (Wildman–Crippen MR) is 67.9 cm³/mol. The molecule has 98 valence electrons. The van der Waals surface area contributed by atoms with Crippen LogP contribution in [-0.4, -0.2) is 36.7 Å². The summed E-state index contributed by atoms with van der Waals surface area (Å²) in [5.41, 5.74) is 1.05. The van der Waals surface area contributed by atoms with Gasteiger partial charge in [-0.25, -0.2) is 0 Å². The number of hydrogen-bond donors (Lipinski definition) is 2. The minimum absolute atomic E-state index is 0.00445. The second-order valence-corrected chi connectivity index (χ2v) is 4.40. The van der Waals surface area contributed by atoms with Gasteiger partial charge in [-0.05, 0) is 30.5 Å². The molecule has 1 aromatic rings. The van der Waals surface area contributed by atoms with E-state index in [9.17, 15) is 4.79 Å². The summed E-state index contributed by atoms with van der Waals surface area (Å²) in [6, 6.07) is 3.78. The Bertz CT molecular complexity index is 364. The van der Waals surface area contributed by atoms with Crippen molar-refractivity contribution in [2.75, 3.05) is 19.7 Å². The third kappa shape index (κ3) is 4.43. The number of ether oxygens (including phenoxy) is 1. The van der Waals surface area contributed by atoms with Gasteiger partial charge in [-0.3, -0.25) is 9.78 Å². The zero-order chi connectivity index (χ0) is 12.6. The van der Waals surface area contributed by atoms with E-state index in [2.05, 4.69) is 15.6 Å². The SMILES string of the molecule is O=C(CNCC1CCCO1)NCc1ccncc1. The van der Waals surface area contributed by atoms with Gasteiger partial charge < -0.3 is 15.4 Å². The van der Waals surface area contributed by atoms with Crippen LogP contribution in [0.2, 0.25) is 0 Å². The van der Waals surface area contributed by atoms with Crippen LogP contribution < -0.4 is 10.6 Å². The van der Waals surface area contributed by atoms with Crippen molar-refractivity contribution in [1.29, 1.82) is 0 Å². The number of hydrogen-bond acceptors (Lipinski definition) is 4. The minimum atomic E-state index is 0.00445. The highest BCUT2D eigenvalue weighted by Crippen LogP contribution is 2.10. The van der Waals surface area contributed by atoms with Gasteiger partial charge in [-0.2, -0.15) is 0 Å². The number of nitrogens with zero attached hydrogens (tertiary/aromatic N) is 1. The molecule has 18 heavy (non-hydrogen) atoms. The molecule has 1 fully saturated rings. The van der Waals surface area contributed by atoms with Gasteiger partial charge in [0.2, 0.25) is 5.91 Å². The zero-order valence-corrected chi connectivity index (χ0v) is 10.4. The summed E-state index contributed by atoms with van der Waals surface area (Å²) < 4.78 is 5.46. The van der Waals surface area contributed by atoms with Crippen LogP contribution in [0.15, 0.2) is 24.5 Å². The third-order valence-corrected chi connectivity index (χ3v) is 2.92. The van der Waals surface area contributed by atoms with Crippen molar-refractivity contribution in [3.63, 3.8) is 0 Å². The minimum Gasteiger partial charge on any atom is -0.377 e. The standard InChI is InChI=1S/C13H19N3O2/c17-13(10-15-9-12-2-1-7-18-12)16-8-11-3-5-14-6-4-11/h3-6,12,15H,1-2,7-10H2,(H,16,17). The molecule has 2 rings (SSSR count). The summed E-state index contributed by atoms with van der Waals surface area (Å²) in [6.07, 6.45) is 5.93. The van der Waals surface area contributed by atoms with Crippen molar-refractivity contribution in [2.24, 2.45) is 0 Å². The Morgan fingerprint density at radius 2 is 2.28 bits per heavy atom. The van der Waals surface area contributed by atoms with E-state index >= 15 is 0 Å². The number of carbonyl (C=O) groups excluding carboxylic acids is 1. The maximum Gasteiger partial charge on any atom is 0.234 e. The van der Waals surface area contributed by atoms with Crippen LogP contribution in [0.5, 0.6) is 0 Å². The summed E-state index contributed by atoms with van der Waals surface area (Å²) in [6.45, 7) is 2.48. The quantitative estimate of drug-likeness (QED) is 0.769. The molecule has 1 unspecified atom stereocenters. The van der Waals surface area contributed by atoms with Crippen LogP contribution in [0, 0.1) is 0 Å². The maximum atomic E-state index is 11.6. The predicted octanol–water partition coefficient (Wildman–Crippen LogP) is 0.466. The van der Waals surface area contributed by atoms with Crippen molar-refractivity contribution in [1.82, 2.24) is 15.6 Å². The van der Waals surface area contributed by atoms with Gasteiger partial charge >= 0.3 is 0 Å². The Labute approximate surface area is 107 Å². The molecule has 1 amide bonds. The molecule has 5 nitrogen and oxygen atoms in total. The van der Waals surface area contributed by atoms with E-state index in [4.69, 9.17) is 4.74 Å². The van der Waals surface area contributed by atoms with Gasteiger partial charge in [0.15, 0.2) is 0 Å². The summed E-state index contributed by atoms with van der Waals surface area (Å²) in [5.74, 6) is 0.00445. The van der Waals surface area contributed by atoms with Crippen molar-refractivity contribution < 1.29 is 9.53 Å². The van der Waals surface area contributed by atoms with Gasteiger partial charge in [0.25, 0.3) is 0 Å². The number of aromatic nitrogens is 1. The van der Waals surface area contributed by atoms with Crippen LogP contribution in [0.3, 0.4) is 0 Å². The Hall–Kier alpha value is -1.46. The van der Waals surface area contributed by atoms with Crippen molar-refractivity contribution in [3.05, 3.63) is 30.1 Å². The fourth-order valence-corrected chi connectivity index (χ4v) is 1.92. The van der Waals surface area contributed by atoms with E-state index in [0.717, 1.165) is 31.6 Å². The zero-order valence-electron chi connectivity index (χ0n) is 10.4. The summed E-state index contributed by atoms with van der Waals surface area (Å²) in [7, 11) is 0. The smallest absolute Gasteiger partial charge is 0.234 e. The fourth-order valence-electron chi connectivity index (χ4n) is 1.92. The van der Waals surface area contributed by atoms with Crippen LogP contribution in [0.1, 0.15) is 18.4 Å². The van der Waals surface area contributed by atoms with Crippen molar-refractivity contribution in [3.8, 4) is 0 Å². The monoisotopic (exact) mass is 249 g/mol. The molecule has 1 aromatic heterocycles. The molecule has 1 saturated heterocycles. The van der Waals surface area contributed by atoms with Crippen LogP contribution >= 0.6 is 0 Å². The molecule has 0 spiro atoms. The first-order valence-corrected chi connectivity index (χ1v) is 6.32. The lowest BCUT2D eigenvalue weighted by Gasteiger charge is -2.10. The molecule has 0 aromatic carbocycles. The highest BCUT2D eigenvalue weighted by atomic mass is 16.5.